The summed E-state index contributed by atoms with van der Waals surface area (Å²) in [6, 6.07) is 79.7. The van der Waals surface area contributed by atoms with E-state index in [9.17, 15) is 0 Å². The topological polar surface area (TPSA) is 25.8 Å². The molecule has 9 aromatic carbocycles. The van der Waals surface area contributed by atoms with Crippen molar-refractivity contribution >= 4 is 31.5 Å². The highest BCUT2D eigenvalue weighted by Crippen LogP contribution is 2.64. The summed E-state index contributed by atoms with van der Waals surface area (Å²) in [4.78, 5) is 10.9. The lowest BCUT2D eigenvalue weighted by Gasteiger charge is -2.30. The Morgan fingerprint density at radius 3 is 1.60 bits per heavy atom. The fraction of sp³-hybridized carbons (Fsp3) is 0.0169. The minimum atomic E-state index is -0.445. The molecule has 288 valence electrons. The van der Waals surface area contributed by atoms with Crippen LogP contribution in [0.2, 0.25) is 0 Å². The number of hydrogen-bond acceptors (Lipinski definition) is 3. The monoisotopic (exact) mass is 804 g/mol. The highest BCUT2D eigenvalue weighted by Gasteiger charge is 2.52. The maximum atomic E-state index is 5.47. The van der Waals surface area contributed by atoms with Crippen molar-refractivity contribution in [1.82, 2.24) is 9.97 Å². The van der Waals surface area contributed by atoms with Crippen molar-refractivity contribution in [2.24, 2.45) is 0 Å². The minimum Gasteiger partial charge on any atom is -0.228 e. The van der Waals surface area contributed by atoms with E-state index in [2.05, 4.69) is 218 Å². The molecular weight excluding hydrogens is 769 g/mol. The van der Waals surface area contributed by atoms with E-state index in [4.69, 9.17) is 9.97 Å². The molecule has 0 N–H and O–H groups in total. The van der Waals surface area contributed by atoms with Crippen LogP contribution in [0.3, 0.4) is 0 Å². The molecule has 13 rings (SSSR count). The summed E-state index contributed by atoms with van der Waals surface area (Å²) in [5.41, 5.74) is 19.5. The van der Waals surface area contributed by atoms with E-state index in [0.29, 0.717) is 5.82 Å². The van der Waals surface area contributed by atoms with Crippen LogP contribution in [0, 0.1) is 0 Å². The van der Waals surface area contributed by atoms with E-state index in [-0.39, 0.29) is 0 Å². The molecule has 2 nitrogen and oxygen atoms in total. The predicted molar refractivity (Wildman–Crippen MR) is 258 cm³/mol. The van der Waals surface area contributed by atoms with Gasteiger partial charge in [0.2, 0.25) is 0 Å². The number of rotatable bonds is 5. The van der Waals surface area contributed by atoms with E-state index in [1.807, 2.05) is 11.3 Å². The van der Waals surface area contributed by atoms with Crippen molar-refractivity contribution in [3.05, 3.63) is 241 Å². The Morgan fingerprint density at radius 2 is 0.839 bits per heavy atom. The molecular formula is C59H36N2S. The van der Waals surface area contributed by atoms with Crippen LogP contribution < -0.4 is 0 Å². The van der Waals surface area contributed by atoms with Gasteiger partial charge in [-0.15, -0.1) is 11.3 Å². The van der Waals surface area contributed by atoms with Crippen LogP contribution in [0.1, 0.15) is 22.3 Å². The van der Waals surface area contributed by atoms with E-state index >= 15 is 0 Å². The number of hydrogen-bond donors (Lipinski definition) is 0. The van der Waals surface area contributed by atoms with Crippen LogP contribution >= 0.6 is 11.3 Å². The SMILES string of the molecule is c1ccc(-c2cc(-c3cc(-c4cccc5c4-c4ccccc4C54c5ccccc5-c5ccccc54)nc(-c4ccccc4)n3)cc(-c3cccc4sc5ccccc5c34)c2)cc1. The Hall–Kier alpha value is -7.72. The summed E-state index contributed by atoms with van der Waals surface area (Å²) < 4.78 is 2.58. The minimum absolute atomic E-state index is 0.445. The van der Waals surface area contributed by atoms with Gasteiger partial charge in [0.1, 0.15) is 0 Å². The van der Waals surface area contributed by atoms with Gasteiger partial charge in [0.15, 0.2) is 5.82 Å². The van der Waals surface area contributed by atoms with Crippen LogP contribution in [0.25, 0.3) is 98.6 Å². The molecule has 0 atom stereocenters. The van der Waals surface area contributed by atoms with Crippen LogP contribution in [-0.2, 0) is 5.41 Å². The van der Waals surface area contributed by atoms with Gasteiger partial charge in [-0.1, -0.05) is 182 Å². The molecule has 1 spiro atoms. The summed E-state index contributed by atoms with van der Waals surface area (Å²) in [5, 5.41) is 2.58. The first-order valence-electron chi connectivity index (χ1n) is 21.2. The molecule has 0 fully saturated rings. The zero-order valence-electron chi connectivity index (χ0n) is 33.6. The van der Waals surface area contributed by atoms with Crippen molar-refractivity contribution in [2.75, 3.05) is 0 Å². The molecule has 11 aromatic rings. The Labute approximate surface area is 364 Å². The lowest BCUT2D eigenvalue weighted by Crippen LogP contribution is -2.25. The van der Waals surface area contributed by atoms with E-state index in [0.717, 1.165) is 44.8 Å². The third-order valence-corrected chi connectivity index (χ3v) is 14.2. The quantitative estimate of drug-likeness (QED) is 0.173. The molecule has 62 heavy (non-hydrogen) atoms. The third-order valence-electron chi connectivity index (χ3n) is 13.1. The second kappa shape index (κ2) is 13.7. The highest BCUT2D eigenvalue weighted by molar-refractivity contribution is 7.25. The van der Waals surface area contributed by atoms with Gasteiger partial charge < -0.3 is 0 Å². The van der Waals surface area contributed by atoms with Gasteiger partial charge in [-0.25, -0.2) is 9.97 Å². The number of aromatic nitrogens is 2. The van der Waals surface area contributed by atoms with Gasteiger partial charge >= 0.3 is 0 Å². The number of nitrogens with zero attached hydrogens (tertiary/aromatic N) is 2. The first-order valence-corrected chi connectivity index (χ1v) is 22.0. The van der Waals surface area contributed by atoms with Gasteiger partial charge in [-0.2, -0.15) is 0 Å². The normalized spacial score (nSPS) is 13.0. The summed E-state index contributed by atoms with van der Waals surface area (Å²) in [7, 11) is 0. The molecule has 3 heteroatoms. The summed E-state index contributed by atoms with van der Waals surface area (Å²) in [6.07, 6.45) is 0. The van der Waals surface area contributed by atoms with Gasteiger partial charge in [-0.3, -0.25) is 0 Å². The van der Waals surface area contributed by atoms with Gasteiger partial charge in [-0.05, 0) is 103 Å². The molecule has 2 heterocycles. The Bertz CT molecular complexity index is 3540. The van der Waals surface area contributed by atoms with Crippen LogP contribution in [0.15, 0.2) is 218 Å². The van der Waals surface area contributed by atoms with Gasteiger partial charge in [0.25, 0.3) is 0 Å². The first kappa shape index (κ1) is 35.1. The van der Waals surface area contributed by atoms with Gasteiger partial charge in [0.05, 0.1) is 16.8 Å². The predicted octanol–water partition coefficient (Wildman–Crippen LogP) is 15.5. The molecule has 0 bridgehead atoms. The van der Waals surface area contributed by atoms with E-state index in [1.165, 1.54) is 70.2 Å². The maximum Gasteiger partial charge on any atom is 0.160 e. The Balaban J connectivity index is 1.08. The molecule has 2 aliphatic rings. The summed E-state index contributed by atoms with van der Waals surface area (Å²) >= 11 is 1.85. The third kappa shape index (κ3) is 5.09. The van der Waals surface area contributed by atoms with Crippen molar-refractivity contribution in [1.29, 1.82) is 0 Å². The summed E-state index contributed by atoms with van der Waals surface area (Å²) in [6.45, 7) is 0. The lowest BCUT2D eigenvalue weighted by molar-refractivity contribution is 0.794. The van der Waals surface area contributed by atoms with Crippen molar-refractivity contribution in [2.45, 2.75) is 5.41 Å². The molecule has 0 aliphatic heterocycles. The van der Waals surface area contributed by atoms with E-state index in [1.54, 1.807) is 0 Å². The Morgan fingerprint density at radius 1 is 0.323 bits per heavy atom. The first-order chi connectivity index (χ1) is 30.7. The molecule has 0 unspecified atom stereocenters. The van der Waals surface area contributed by atoms with Crippen molar-refractivity contribution < 1.29 is 0 Å². The van der Waals surface area contributed by atoms with E-state index < -0.39 is 5.41 Å². The molecule has 2 aromatic heterocycles. The van der Waals surface area contributed by atoms with Gasteiger partial charge in [0, 0.05) is 36.9 Å². The number of thiophene rings is 1. The fourth-order valence-electron chi connectivity index (χ4n) is 10.5. The largest absolute Gasteiger partial charge is 0.228 e. The van der Waals surface area contributed by atoms with Crippen molar-refractivity contribution in [3.63, 3.8) is 0 Å². The average molecular weight is 805 g/mol. The van der Waals surface area contributed by atoms with Crippen LogP contribution in [-0.4, -0.2) is 9.97 Å². The molecule has 0 saturated heterocycles. The maximum absolute atomic E-state index is 5.47. The van der Waals surface area contributed by atoms with Crippen LogP contribution in [0.4, 0.5) is 0 Å². The molecule has 0 saturated carbocycles. The number of fused-ring (bicyclic) bond motifs is 13. The Kier molecular flexibility index (Phi) is 7.72. The number of benzene rings is 9. The second-order valence-corrected chi connectivity index (χ2v) is 17.5. The molecule has 0 amide bonds. The fourth-order valence-corrected chi connectivity index (χ4v) is 11.7. The molecule has 2 aliphatic carbocycles. The zero-order valence-corrected chi connectivity index (χ0v) is 34.4. The smallest absolute Gasteiger partial charge is 0.160 e. The van der Waals surface area contributed by atoms with Crippen LogP contribution in [0.5, 0.6) is 0 Å². The highest BCUT2D eigenvalue weighted by atomic mass is 32.1. The molecule has 0 radical (unpaired) electrons. The summed E-state index contributed by atoms with van der Waals surface area (Å²) in [5.74, 6) is 0.700. The van der Waals surface area contributed by atoms with Crippen molar-refractivity contribution in [3.8, 4) is 78.4 Å². The lowest BCUT2D eigenvalue weighted by atomic mass is 9.70. The average Bonchev–Trinajstić information content (AvgIpc) is 3.99. The standard InChI is InChI=1S/C59H36N2S/c1-3-17-37(18-4-1)39-33-40(42-25-16-32-55-57(42)47-24-10-14-31-54(47)62-55)35-41(34-39)52-36-53(61-58(60-52)38-19-5-2-6-20-38)46-26-15-30-51-56(46)45-23-9-13-29-50(45)59(51)48-27-11-7-21-43(48)44-22-8-12-28-49(44)59/h1-36H. The second-order valence-electron chi connectivity index (χ2n) is 16.4. The zero-order chi connectivity index (χ0) is 40.8.